The quantitative estimate of drug-likeness (QED) is 0.403. The van der Waals surface area contributed by atoms with Crippen molar-refractivity contribution in [2.24, 2.45) is 0 Å². The Hall–Kier alpha value is -2.65. The molecule has 182 valence electrons. The van der Waals surface area contributed by atoms with Crippen LogP contribution in [0.25, 0.3) is 11.1 Å². The molecule has 0 bridgehead atoms. The number of fused-ring (bicyclic) bond motifs is 3. The lowest BCUT2D eigenvalue weighted by Gasteiger charge is -2.22. The molecule has 2 aromatic carbocycles. The van der Waals surface area contributed by atoms with Crippen molar-refractivity contribution in [3.8, 4) is 11.1 Å². The summed E-state index contributed by atoms with van der Waals surface area (Å²) in [5, 5.41) is 14.6. The van der Waals surface area contributed by atoms with E-state index in [-0.39, 0.29) is 12.5 Å². The molecule has 0 saturated carbocycles. The van der Waals surface area contributed by atoms with Gasteiger partial charge in [-0.05, 0) is 59.1 Å². The van der Waals surface area contributed by atoms with Gasteiger partial charge < -0.3 is 20.5 Å². The molecule has 0 aliphatic heterocycles. The van der Waals surface area contributed by atoms with Gasteiger partial charge in [0.1, 0.15) is 18.7 Å². The number of aliphatic carboxylic acids is 1. The second-order valence-corrected chi connectivity index (χ2v) is 9.96. The Morgan fingerprint density at radius 3 is 1.94 bits per heavy atom. The van der Waals surface area contributed by atoms with E-state index in [0.717, 1.165) is 22.3 Å². The molecule has 3 N–H and O–H groups in total. The van der Waals surface area contributed by atoms with E-state index in [9.17, 15) is 19.5 Å². The molecule has 1 aliphatic carbocycles. The third kappa shape index (κ3) is 6.48. The van der Waals surface area contributed by atoms with Gasteiger partial charge >= 0.3 is 12.1 Å². The number of carbonyl (C=O) groups is 3. The van der Waals surface area contributed by atoms with Crippen LogP contribution in [-0.4, -0.2) is 65.8 Å². The van der Waals surface area contributed by atoms with E-state index >= 15 is 0 Å². The van der Waals surface area contributed by atoms with Gasteiger partial charge in [0.15, 0.2) is 0 Å². The zero-order valence-corrected chi connectivity index (χ0v) is 20.9. The standard InChI is InChI=1S/C25H30N2O5S2/c1-33-13-11-21(23(28)26-22(24(29)30)12-14-34-2)27-25(31)32-15-20-18-9-5-3-7-16(18)17-8-4-6-10-19(17)20/h3-10,20-22H,11-15H2,1-2H3,(H,26,28)(H,27,31)(H,29,30)/t21-,22-/m0/s1. The van der Waals surface area contributed by atoms with Crippen LogP contribution in [0.5, 0.6) is 0 Å². The van der Waals surface area contributed by atoms with Crippen LogP contribution in [0, 0.1) is 0 Å². The molecule has 0 aromatic heterocycles. The van der Waals surface area contributed by atoms with Gasteiger partial charge in [-0.2, -0.15) is 23.5 Å². The minimum Gasteiger partial charge on any atom is -0.480 e. The van der Waals surface area contributed by atoms with Crippen molar-refractivity contribution >= 4 is 41.5 Å². The molecule has 9 heteroatoms. The summed E-state index contributed by atoms with van der Waals surface area (Å²) in [6, 6.07) is 14.2. The third-order valence-electron chi connectivity index (χ3n) is 5.79. The van der Waals surface area contributed by atoms with Gasteiger partial charge in [0.05, 0.1) is 0 Å². The van der Waals surface area contributed by atoms with Crippen LogP contribution in [0.1, 0.15) is 29.9 Å². The second kappa shape index (κ2) is 12.7. The van der Waals surface area contributed by atoms with Gasteiger partial charge in [-0.15, -0.1) is 0 Å². The highest BCUT2D eigenvalue weighted by molar-refractivity contribution is 7.98. The SMILES string of the molecule is CSCC[C@H](NC(=O)[C@H](CCSC)NC(=O)OCC1c2ccccc2-c2ccccc21)C(=O)O. The summed E-state index contributed by atoms with van der Waals surface area (Å²) in [6.45, 7) is 0.141. The Labute approximate surface area is 208 Å². The van der Waals surface area contributed by atoms with Crippen LogP contribution >= 0.6 is 23.5 Å². The number of carbonyl (C=O) groups excluding carboxylic acids is 2. The van der Waals surface area contributed by atoms with Crippen LogP contribution in [0.15, 0.2) is 48.5 Å². The molecule has 0 spiro atoms. The van der Waals surface area contributed by atoms with E-state index in [0.29, 0.717) is 24.3 Å². The van der Waals surface area contributed by atoms with Crippen molar-refractivity contribution < 1.29 is 24.2 Å². The number of benzene rings is 2. The number of amides is 2. The summed E-state index contributed by atoms with van der Waals surface area (Å²) in [6.07, 6.45) is 3.76. The van der Waals surface area contributed by atoms with Crippen LogP contribution in [-0.2, 0) is 14.3 Å². The predicted octanol–water partition coefficient (Wildman–Crippen LogP) is 3.97. The molecule has 7 nitrogen and oxygen atoms in total. The Bertz CT molecular complexity index is 971. The molecule has 0 unspecified atom stereocenters. The number of nitrogens with one attached hydrogen (secondary N) is 2. The van der Waals surface area contributed by atoms with E-state index in [1.165, 1.54) is 11.8 Å². The summed E-state index contributed by atoms with van der Waals surface area (Å²) in [5.41, 5.74) is 4.47. The van der Waals surface area contributed by atoms with E-state index in [2.05, 4.69) is 22.8 Å². The summed E-state index contributed by atoms with van der Waals surface area (Å²) in [5.74, 6) is -0.459. The molecule has 0 radical (unpaired) electrons. The van der Waals surface area contributed by atoms with Crippen molar-refractivity contribution in [3.05, 3.63) is 59.7 Å². The third-order valence-corrected chi connectivity index (χ3v) is 7.08. The molecule has 0 fully saturated rings. The lowest BCUT2D eigenvalue weighted by Crippen LogP contribution is -2.52. The zero-order valence-electron chi connectivity index (χ0n) is 19.3. The minimum absolute atomic E-state index is 0.0837. The van der Waals surface area contributed by atoms with E-state index < -0.39 is 30.1 Å². The predicted molar refractivity (Wildman–Crippen MR) is 138 cm³/mol. The monoisotopic (exact) mass is 502 g/mol. The Morgan fingerprint density at radius 1 is 0.882 bits per heavy atom. The highest BCUT2D eigenvalue weighted by Gasteiger charge is 2.30. The average molecular weight is 503 g/mol. The Kier molecular flexibility index (Phi) is 9.71. The molecule has 2 aromatic rings. The first-order valence-electron chi connectivity index (χ1n) is 11.1. The maximum absolute atomic E-state index is 12.8. The lowest BCUT2D eigenvalue weighted by molar-refractivity contribution is -0.142. The van der Waals surface area contributed by atoms with Crippen LogP contribution in [0.3, 0.4) is 0 Å². The molecule has 2 amide bonds. The number of hydrogen-bond acceptors (Lipinski definition) is 6. The Morgan fingerprint density at radius 2 is 1.41 bits per heavy atom. The van der Waals surface area contributed by atoms with Crippen molar-refractivity contribution in [1.29, 1.82) is 0 Å². The van der Waals surface area contributed by atoms with Crippen molar-refractivity contribution in [2.75, 3.05) is 30.6 Å². The number of thioether (sulfide) groups is 2. The highest BCUT2D eigenvalue weighted by Crippen LogP contribution is 2.44. The fourth-order valence-electron chi connectivity index (χ4n) is 4.05. The first kappa shape index (κ1) is 26.0. The van der Waals surface area contributed by atoms with Gasteiger partial charge in [0.2, 0.25) is 5.91 Å². The lowest BCUT2D eigenvalue weighted by atomic mass is 9.98. The average Bonchev–Trinajstić information content (AvgIpc) is 3.16. The zero-order chi connectivity index (χ0) is 24.5. The molecular weight excluding hydrogens is 472 g/mol. The molecule has 2 atom stereocenters. The number of hydrogen-bond donors (Lipinski definition) is 3. The van der Waals surface area contributed by atoms with Crippen molar-refractivity contribution in [1.82, 2.24) is 10.6 Å². The molecule has 0 heterocycles. The van der Waals surface area contributed by atoms with E-state index in [1.807, 2.05) is 48.9 Å². The van der Waals surface area contributed by atoms with E-state index in [4.69, 9.17) is 4.74 Å². The number of rotatable bonds is 12. The van der Waals surface area contributed by atoms with E-state index in [1.54, 1.807) is 11.8 Å². The summed E-state index contributed by atoms with van der Waals surface area (Å²) < 4.78 is 5.56. The molecule has 3 rings (SSSR count). The number of ether oxygens (including phenoxy) is 1. The fraction of sp³-hybridized carbons (Fsp3) is 0.400. The Balaban J connectivity index is 1.64. The van der Waals surface area contributed by atoms with Crippen LogP contribution < -0.4 is 10.6 Å². The molecule has 1 aliphatic rings. The van der Waals surface area contributed by atoms with Crippen LogP contribution in [0.2, 0.25) is 0 Å². The van der Waals surface area contributed by atoms with Crippen LogP contribution in [0.4, 0.5) is 4.79 Å². The number of alkyl carbamates (subject to hydrolysis) is 1. The highest BCUT2D eigenvalue weighted by atomic mass is 32.2. The maximum Gasteiger partial charge on any atom is 0.407 e. The minimum atomic E-state index is -1.09. The first-order chi connectivity index (χ1) is 16.5. The largest absolute Gasteiger partial charge is 0.480 e. The fourth-order valence-corrected chi connectivity index (χ4v) is 5.00. The van der Waals surface area contributed by atoms with Gasteiger partial charge in [0.25, 0.3) is 0 Å². The number of carboxylic acid groups (broad SMARTS) is 1. The first-order valence-corrected chi connectivity index (χ1v) is 13.9. The smallest absolute Gasteiger partial charge is 0.407 e. The summed E-state index contributed by atoms with van der Waals surface area (Å²) in [7, 11) is 0. The maximum atomic E-state index is 12.8. The number of carboxylic acids is 1. The van der Waals surface area contributed by atoms with Gasteiger partial charge in [-0.1, -0.05) is 48.5 Å². The molecule has 34 heavy (non-hydrogen) atoms. The molecular formula is C25H30N2O5S2. The van der Waals surface area contributed by atoms with Gasteiger partial charge in [-0.25, -0.2) is 9.59 Å². The topological polar surface area (TPSA) is 105 Å². The molecule has 0 saturated heterocycles. The normalized spacial score (nSPS) is 13.9. The van der Waals surface area contributed by atoms with Crippen molar-refractivity contribution in [3.63, 3.8) is 0 Å². The van der Waals surface area contributed by atoms with Crippen molar-refractivity contribution in [2.45, 2.75) is 30.8 Å². The van der Waals surface area contributed by atoms with Gasteiger partial charge in [0, 0.05) is 5.92 Å². The summed E-state index contributed by atoms with van der Waals surface area (Å²) in [4.78, 5) is 37.0. The van der Waals surface area contributed by atoms with Gasteiger partial charge in [-0.3, -0.25) is 4.79 Å². The summed E-state index contributed by atoms with van der Waals surface area (Å²) >= 11 is 3.05. The second-order valence-electron chi connectivity index (χ2n) is 7.98.